The van der Waals surface area contributed by atoms with Gasteiger partial charge in [0.15, 0.2) is 0 Å². The summed E-state index contributed by atoms with van der Waals surface area (Å²) >= 11 is 1.93. The summed E-state index contributed by atoms with van der Waals surface area (Å²) in [6, 6.07) is 2.27. The molecule has 52 valence electrons. The van der Waals surface area contributed by atoms with Crippen LogP contribution >= 0.6 is 11.3 Å². The van der Waals surface area contributed by atoms with Crippen LogP contribution in [-0.4, -0.2) is 0 Å². The van der Waals surface area contributed by atoms with Gasteiger partial charge in [-0.05, 0) is 25.5 Å². The van der Waals surface area contributed by atoms with E-state index >= 15 is 0 Å². The van der Waals surface area contributed by atoms with Crippen molar-refractivity contribution >= 4 is 17.4 Å². The number of rotatable bonds is 0. The maximum Gasteiger partial charge on any atom is 0.0161 e. The monoisotopic (exact) mass is 150 g/mol. The third-order valence-corrected chi connectivity index (χ3v) is 2.87. The molecule has 1 aromatic heterocycles. The van der Waals surface area contributed by atoms with Gasteiger partial charge >= 0.3 is 0 Å². The van der Waals surface area contributed by atoms with E-state index in [2.05, 4.69) is 26.0 Å². The second-order valence-corrected chi connectivity index (χ2v) is 4.24. The summed E-state index contributed by atoms with van der Waals surface area (Å²) in [6.45, 7) is 4.37. The minimum Gasteiger partial charge on any atom is -0.145 e. The molecule has 1 aliphatic carbocycles. The highest BCUT2D eigenvalue weighted by Gasteiger charge is 2.11. The van der Waals surface area contributed by atoms with E-state index in [1.165, 1.54) is 22.4 Å². The average molecular weight is 150 g/mol. The first kappa shape index (κ1) is 6.17. The molecule has 0 amide bonds. The van der Waals surface area contributed by atoms with Crippen molar-refractivity contribution in [3.05, 3.63) is 27.0 Å². The van der Waals surface area contributed by atoms with Gasteiger partial charge in [-0.2, -0.15) is 0 Å². The van der Waals surface area contributed by atoms with Crippen molar-refractivity contribution in [2.24, 2.45) is 0 Å². The van der Waals surface area contributed by atoms with Crippen LogP contribution in [0.4, 0.5) is 0 Å². The second-order valence-electron chi connectivity index (χ2n) is 2.90. The molecule has 0 radical (unpaired) electrons. The molecule has 0 spiro atoms. The molecule has 0 nitrogen and oxygen atoms in total. The lowest BCUT2D eigenvalue weighted by atomic mass is 10.3. The molecule has 1 aromatic rings. The van der Waals surface area contributed by atoms with E-state index in [4.69, 9.17) is 0 Å². The number of thiophene rings is 1. The third-order valence-electron chi connectivity index (χ3n) is 1.81. The van der Waals surface area contributed by atoms with Crippen LogP contribution in [0.3, 0.4) is 0 Å². The molecule has 2 rings (SSSR count). The van der Waals surface area contributed by atoms with Crippen LogP contribution in [0.15, 0.2) is 11.6 Å². The minimum absolute atomic E-state index is 1.19. The summed E-state index contributed by atoms with van der Waals surface area (Å²) in [5, 5.41) is 0. The average Bonchev–Trinajstić information content (AvgIpc) is 2.21. The van der Waals surface area contributed by atoms with Gasteiger partial charge in [0.1, 0.15) is 0 Å². The van der Waals surface area contributed by atoms with E-state index in [0.717, 1.165) is 0 Å². The van der Waals surface area contributed by atoms with Crippen LogP contribution < -0.4 is 0 Å². The first-order valence-electron chi connectivity index (χ1n) is 3.52. The van der Waals surface area contributed by atoms with Gasteiger partial charge in [-0.1, -0.05) is 11.6 Å². The molecule has 0 saturated heterocycles. The highest BCUT2D eigenvalue weighted by molar-refractivity contribution is 7.12. The quantitative estimate of drug-likeness (QED) is 0.533. The number of hydrogen-bond donors (Lipinski definition) is 0. The van der Waals surface area contributed by atoms with E-state index in [-0.39, 0.29) is 0 Å². The summed E-state index contributed by atoms with van der Waals surface area (Å²) < 4.78 is 0. The van der Waals surface area contributed by atoms with Gasteiger partial charge in [-0.15, -0.1) is 11.3 Å². The smallest absolute Gasteiger partial charge is 0.0161 e. The molecule has 1 heterocycles. The fourth-order valence-corrected chi connectivity index (χ4v) is 2.52. The first-order chi connectivity index (χ1) is 4.75. The van der Waals surface area contributed by atoms with Gasteiger partial charge in [0, 0.05) is 16.2 Å². The molecule has 10 heavy (non-hydrogen) atoms. The Morgan fingerprint density at radius 1 is 1.40 bits per heavy atom. The SMILES string of the molecule is CC1=Cc2cc(C)sc2C1. The maximum atomic E-state index is 2.29. The Balaban J connectivity index is 2.53. The molecular weight excluding hydrogens is 140 g/mol. The van der Waals surface area contributed by atoms with Gasteiger partial charge in [0.25, 0.3) is 0 Å². The standard InChI is InChI=1S/C9H10S/c1-6-3-8-5-7(2)10-9(8)4-6/h3,5H,4H2,1-2H3. The Kier molecular flexibility index (Phi) is 1.21. The van der Waals surface area contributed by atoms with Gasteiger partial charge in [0.2, 0.25) is 0 Å². The van der Waals surface area contributed by atoms with Crippen LogP contribution in [0.1, 0.15) is 22.2 Å². The van der Waals surface area contributed by atoms with Crippen molar-refractivity contribution < 1.29 is 0 Å². The van der Waals surface area contributed by atoms with Crippen molar-refractivity contribution in [3.63, 3.8) is 0 Å². The van der Waals surface area contributed by atoms with Crippen LogP contribution in [0.2, 0.25) is 0 Å². The molecule has 1 heteroatoms. The zero-order valence-electron chi connectivity index (χ0n) is 6.27. The molecule has 0 aromatic carbocycles. The topological polar surface area (TPSA) is 0 Å². The second kappa shape index (κ2) is 1.96. The van der Waals surface area contributed by atoms with E-state index in [0.29, 0.717) is 0 Å². The molecular formula is C9H10S. The predicted octanol–water partition coefficient (Wildman–Crippen LogP) is 3.02. The Labute approximate surface area is 65.2 Å². The number of hydrogen-bond acceptors (Lipinski definition) is 1. The summed E-state index contributed by atoms with van der Waals surface area (Å²) in [4.78, 5) is 2.99. The summed E-state index contributed by atoms with van der Waals surface area (Å²) in [7, 11) is 0. The van der Waals surface area contributed by atoms with E-state index < -0.39 is 0 Å². The molecule has 0 aliphatic heterocycles. The first-order valence-corrected chi connectivity index (χ1v) is 4.34. The Hall–Kier alpha value is -0.560. The number of fused-ring (bicyclic) bond motifs is 1. The van der Waals surface area contributed by atoms with Gasteiger partial charge < -0.3 is 0 Å². The fraction of sp³-hybridized carbons (Fsp3) is 0.333. The van der Waals surface area contributed by atoms with Crippen molar-refractivity contribution in [2.75, 3.05) is 0 Å². The Morgan fingerprint density at radius 2 is 2.20 bits per heavy atom. The highest BCUT2D eigenvalue weighted by Crippen LogP contribution is 2.31. The molecule has 0 atom stereocenters. The van der Waals surface area contributed by atoms with Gasteiger partial charge in [-0.25, -0.2) is 0 Å². The zero-order chi connectivity index (χ0) is 7.14. The normalized spacial score (nSPS) is 15.2. The summed E-state index contributed by atoms with van der Waals surface area (Å²) in [5.41, 5.74) is 2.96. The van der Waals surface area contributed by atoms with Crippen LogP contribution in [-0.2, 0) is 6.42 Å². The molecule has 0 saturated carbocycles. The van der Waals surface area contributed by atoms with Crippen molar-refractivity contribution in [1.29, 1.82) is 0 Å². The van der Waals surface area contributed by atoms with Crippen molar-refractivity contribution in [2.45, 2.75) is 20.3 Å². The molecule has 0 fully saturated rings. The molecule has 0 unspecified atom stereocenters. The third kappa shape index (κ3) is 0.816. The number of aryl methyl sites for hydroxylation is 1. The molecule has 0 N–H and O–H groups in total. The van der Waals surface area contributed by atoms with Crippen LogP contribution in [0.25, 0.3) is 6.08 Å². The summed E-state index contributed by atoms with van der Waals surface area (Å²) in [6.07, 6.45) is 3.48. The lowest BCUT2D eigenvalue weighted by molar-refractivity contribution is 1.24. The lowest BCUT2D eigenvalue weighted by Crippen LogP contribution is -1.71. The Morgan fingerprint density at radius 3 is 2.90 bits per heavy atom. The van der Waals surface area contributed by atoms with Gasteiger partial charge in [-0.3, -0.25) is 0 Å². The summed E-state index contributed by atoms with van der Waals surface area (Å²) in [5.74, 6) is 0. The van der Waals surface area contributed by atoms with E-state index in [1.807, 2.05) is 11.3 Å². The fourth-order valence-electron chi connectivity index (χ4n) is 1.41. The minimum atomic E-state index is 1.19. The van der Waals surface area contributed by atoms with E-state index in [9.17, 15) is 0 Å². The van der Waals surface area contributed by atoms with Crippen LogP contribution in [0, 0.1) is 6.92 Å². The van der Waals surface area contributed by atoms with E-state index in [1.54, 1.807) is 4.88 Å². The molecule has 0 bridgehead atoms. The maximum absolute atomic E-state index is 2.29. The largest absolute Gasteiger partial charge is 0.145 e. The van der Waals surface area contributed by atoms with Crippen molar-refractivity contribution in [3.8, 4) is 0 Å². The predicted molar refractivity (Wildman–Crippen MR) is 46.4 cm³/mol. The Bertz CT molecular complexity index is 292. The van der Waals surface area contributed by atoms with Crippen molar-refractivity contribution in [1.82, 2.24) is 0 Å². The molecule has 1 aliphatic rings. The van der Waals surface area contributed by atoms with Gasteiger partial charge in [0.05, 0.1) is 0 Å². The zero-order valence-corrected chi connectivity index (χ0v) is 7.09. The highest BCUT2D eigenvalue weighted by atomic mass is 32.1. The lowest BCUT2D eigenvalue weighted by Gasteiger charge is -1.86. The van der Waals surface area contributed by atoms with Crippen LogP contribution in [0.5, 0.6) is 0 Å². The number of allylic oxidation sites excluding steroid dienone is 1.